The van der Waals surface area contributed by atoms with Gasteiger partial charge in [0.25, 0.3) is 0 Å². The molecule has 0 radical (unpaired) electrons. The summed E-state index contributed by atoms with van der Waals surface area (Å²) in [6.45, 7) is 6.16. The number of ether oxygens (including phenoxy) is 3. The quantitative estimate of drug-likeness (QED) is 0.0263. The van der Waals surface area contributed by atoms with Crippen LogP contribution in [0.2, 0.25) is 0 Å². The van der Waals surface area contributed by atoms with E-state index in [0.29, 0.717) is 12.8 Å². The molecule has 0 aromatic rings. The number of unbranched alkanes of at least 4 members (excludes halogenated alkanes) is 8. The predicted molar refractivity (Wildman–Crippen MR) is 279 cm³/mol. The second kappa shape index (κ2) is 51.9. The third-order valence-electron chi connectivity index (χ3n) is 9.83. The van der Waals surface area contributed by atoms with Crippen LogP contribution in [0.4, 0.5) is 0 Å². The van der Waals surface area contributed by atoms with Gasteiger partial charge >= 0.3 is 17.9 Å². The van der Waals surface area contributed by atoms with Crippen molar-refractivity contribution < 1.29 is 28.6 Å². The summed E-state index contributed by atoms with van der Waals surface area (Å²) in [6.07, 6.45) is 74.1. The fraction of sp³-hybridized carbons (Fsp3) is 0.542. The van der Waals surface area contributed by atoms with Crippen molar-refractivity contribution in [2.45, 2.75) is 194 Å². The van der Waals surface area contributed by atoms with Crippen LogP contribution < -0.4 is 0 Å². The molecular weight excluding hydrogens is 805 g/mol. The van der Waals surface area contributed by atoms with Gasteiger partial charge in [-0.25, -0.2) is 0 Å². The maximum atomic E-state index is 12.8. The average Bonchev–Trinajstić information content (AvgIpc) is 3.30. The van der Waals surface area contributed by atoms with E-state index in [2.05, 4.69) is 154 Å². The molecular formula is C59H90O6. The van der Waals surface area contributed by atoms with Crippen LogP contribution in [0.5, 0.6) is 0 Å². The van der Waals surface area contributed by atoms with E-state index in [-0.39, 0.29) is 44.0 Å². The smallest absolute Gasteiger partial charge is 0.306 e. The minimum atomic E-state index is -0.836. The third-order valence-corrected chi connectivity index (χ3v) is 9.83. The lowest BCUT2D eigenvalue weighted by molar-refractivity contribution is -0.166. The zero-order valence-electron chi connectivity index (χ0n) is 41.2. The number of carbonyl (C=O) groups is 3. The Morgan fingerprint density at radius 3 is 0.938 bits per heavy atom. The van der Waals surface area contributed by atoms with Gasteiger partial charge in [0.15, 0.2) is 6.10 Å². The van der Waals surface area contributed by atoms with Crippen molar-refractivity contribution in [3.05, 3.63) is 146 Å². The Morgan fingerprint density at radius 2 is 0.585 bits per heavy atom. The molecule has 6 heteroatoms. The minimum Gasteiger partial charge on any atom is -0.462 e. The molecule has 0 saturated carbocycles. The first-order chi connectivity index (χ1) is 32.0. The van der Waals surface area contributed by atoms with Crippen molar-refractivity contribution in [3.63, 3.8) is 0 Å². The topological polar surface area (TPSA) is 78.9 Å². The normalized spacial score (nSPS) is 13.3. The Hall–Kier alpha value is -4.71. The zero-order valence-corrected chi connectivity index (χ0v) is 41.2. The summed E-state index contributed by atoms with van der Waals surface area (Å²) < 4.78 is 16.7. The zero-order chi connectivity index (χ0) is 47.2. The minimum absolute atomic E-state index is 0.129. The molecule has 6 nitrogen and oxygen atoms in total. The highest BCUT2D eigenvalue weighted by Gasteiger charge is 2.19. The van der Waals surface area contributed by atoms with Gasteiger partial charge in [-0.05, 0) is 122 Å². The van der Waals surface area contributed by atoms with Crippen molar-refractivity contribution in [2.75, 3.05) is 13.2 Å². The van der Waals surface area contributed by atoms with Gasteiger partial charge in [0.2, 0.25) is 0 Å². The molecule has 0 N–H and O–H groups in total. The molecule has 0 aliphatic carbocycles. The maximum Gasteiger partial charge on any atom is 0.306 e. The molecule has 65 heavy (non-hydrogen) atoms. The van der Waals surface area contributed by atoms with Crippen LogP contribution in [0.1, 0.15) is 188 Å². The summed E-state index contributed by atoms with van der Waals surface area (Å²) in [4.78, 5) is 37.9. The van der Waals surface area contributed by atoms with Crippen LogP contribution >= 0.6 is 0 Å². The summed E-state index contributed by atoms with van der Waals surface area (Å²) in [5.74, 6) is -1.07. The Morgan fingerprint density at radius 1 is 0.308 bits per heavy atom. The van der Waals surface area contributed by atoms with E-state index in [0.717, 1.165) is 141 Å². The number of allylic oxidation sites excluding steroid dienone is 24. The molecule has 1 unspecified atom stereocenters. The fourth-order valence-electron chi connectivity index (χ4n) is 6.14. The molecule has 362 valence electrons. The van der Waals surface area contributed by atoms with Crippen LogP contribution in [0.25, 0.3) is 0 Å². The Bertz CT molecular complexity index is 1490. The number of carbonyl (C=O) groups excluding carboxylic acids is 3. The lowest BCUT2D eigenvalue weighted by atomic mass is 10.1. The van der Waals surface area contributed by atoms with Gasteiger partial charge in [-0.1, -0.05) is 192 Å². The predicted octanol–water partition coefficient (Wildman–Crippen LogP) is 16.9. The third kappa shape index (κ3) is 50.2. The second-order valence-corrected chi connectivity index (χ2v) is 15.9. The number of hydrogen-bond donors (Lipinski definition) is 0. The number of esters is 3. The van der Waals surface area contributed by atoms with Gasteiger partial charge in [0, 0.05) is 19.3 Å². The van der Waals surface area contributed by atoms with E-state index in [1.165, 1.54) is 0 Å². The highest BCUT2D eigenvalue weighted by atomic mass is 16.6. The molecule has 0 heterocycles. The van der Waals surface area contributed by atoms with Crippen LogP contribution in [-0.2, 0) is 28.6 Å². The van der Waals surface area contributed by atoms with Crippen molar-refractivity contribution in [1.29, 1.82) is 0 Å². The monoisotopic (exact) mass is 895 g/mol. The molecule has 0 aliphatic rings. The van der Waals surface area contributed by atoms with Crippen LogP contribution in [0.3, 0.4) is 0 Å². The van der Waals surface area contributed by atoms with E-state index in [4.69, 9.17) is 14.2 Å². The maximum absolute atomic E-state index is 12.8. The summed E-state index contributed by atoms with van der Waals surface area (Å²) in [7, 11) is 0. The Labute approximate surface area is 397 Å². The van der Waals surface area contributed by atoms with Gasteiger partial charge in [-0.2, -0.15) is 0 Å². The first-order valence-corrected chi connectivity index (χ1v) is 25.3. The summed E-state index contributed by atoms with van der Waals surface area (Å²) in [6, 6.07) is 0. The van der Waals surface area contributed by atoms with E-state index in [1.807, 2.05) is 12.2 Å². The lowest BCUT2D eigenvalue weighted by Gasteiger charge is -2.18. The highest BCUT2D eigenvalue weighted by molar-refractivity contribution is 5.71. The number of hydrogen-bond acceptors (Lipinski definition) is 6. The first-order valence-electron chi connectivity index (χ1n) is 25.3. The van der Waals surface area contributed by atoms with Crippen LogP contribution in [0, 0.1) is 0 Å². The molecule has 0 bridgehead atoms. The van der Waals surface area contributed by atoms with Gasteiger partial charge in [0.05, 0.1) is 0 Å². The van der Waals surface area contributed by atoms with Crippen LogP contribution in [0.15, 0.2) is 146 Å². The molecule has 1 atom stereocenters. The van der Waals surface area contributed by atoms with Crippen LogP contribution in [-0.4, -0.2) is 37.2 Å². The average molecular weight is 895 g/mol. The van der Waals surface area contributed by atoms with Gasteiger partial charge < -0.3 is 14.2 Å². The Kier molecular flexibility index (Phi) is 48.2. The summed E-state index contributed by atoms with van der Waals surface area (Å²) in [5.41, 5.74) is 0. The molecule has 0 amide bonds. The molecule has 0 aromatic carbocycles. The SMILES string of the molecule is CC/C=C\C/C=C\C/C=C\C/C=C\C/C=C\C/C=C\CCC(=O)OCC(COC(=O)CCCCCC/C=C\C/C=C\C/C=C\CC)OC(=O)CCCCCC/C=C\C/C=C\C/C=C\CC. The van der Waals surface area contributed by atoms with Crippen molar-refractivity contribution in [3.8, 4) is 0 Å². The summed E-state index contributed by atoms with van der Waals surface area (Å²) in [5, 5.41) is 0. The number of rotatable bonds is 43. The van der Waals surface area contributed by atoms with Crippen molar-refractivity contribution in [1.82, 2.24) is 0 Å². The molecule has 0 spiro atoms. The van der Waals surface area contributed by atoms with E-state index in [9.17, 15) is 14.4 Å². The summed E-state index contributed by atoms with van der Waals surface area (Å²) >= 11 is 0. The highest BCUT2D eigenvalue weighted by Crippen LogP contribution is 2.11. The molecule has 0 saturated heterocycles. The lowest BCUT2D eigenvalue weighted by Crippen LogP contribution is -2.30. The standard InChI is InChI=1S/C59H90O6/c1-4-7-10-13-16-19-22-25-28-29-30-31-32-35-37-40-43-46-49-52-58(61)64-55-56(65-59(62)53-50-47-44-41-38-34-27-24-21-18-15-12-9-6-3)54-63-57(60)51-48-45-42-39-36-33-26-23-20-17-14-11-8-5-2/h7-12,16-21,25-28,30-31,33-35,37,43,46,56H,4-6,13-15,22-24,29,32,36,38-42,44-45,47-55H2,1-3H3/b10-7-,11-8-,12-9-,19-16-,20-17-,21-18-,28-25-,31-30-,33-26-,34-27-,37-35-,46-43-. The van der Waals surface area contributed by atoms with E-state index >= 15 is 0 Å². The Balaban J connectivity index is 4.60. The van der Waals surface area contributed by atoms with Gasteiger partial charge in [-0.3, -0.25) is 14.4 Å². The van der Waals surface area contributed by atoms with Gasteiger partial charge in [0.1, 0.15) is 13.2 Å². The second-order valence-electron chi connectivity index (χ2n) is 15.9. The molecule has 0 aromatic heterocycles. The van der Waals surface area contributed by atoms with Crippen molar-refractivity contribution >= 4 is 17.9 Å². The van der Waals surface area contributed by atoms with Crippen molar-refractivity contribution in [2.24, 2.45) is 0 Å². The molecule has 0 rings (SSSR count). The first kappa shape index (κ1) is 60.3. The van der Waals surface area contributed by atoms with E-state index in [1.54, 1.807) is 0 Å². The molecule has 0 aliphatic heterocycles. The van der Waals surface area contributed by atoms with Gasteiger partial charge in [-0.15, -0.1) is 0 Å². The van der Waals surface area contributed by atoms with E-state index < -0.39 is 6.10 Å². The fourth-order valence-corrected chi connectivity index (χ4v) is 6.14. The largest absolute Gasteiger partial charge is 0.462 e. The molecule has 0 fully saturated rings.